The second-order valence-corrected chi connectivity index (χ2v) is 5.77. The number of carbonyl (C=O) groups is 1. The molecule has 2 unspecified atom stereocenters. The van der Waals surface area contributed by atoms with Crippen molar-refractivity contribution in [2.45, 2.75) is 64.4 Å². The van der Waals surface area contributed by atoms with E-state index in [1.54, 1.807) is 0 Å². The molecule has 1 fully saturated rings. The standard InChI is InChI=1S/C15H25N3O3/c1-2-5-13-17-15(21-18-13)9-8-14(20)16-10-11-6-3-4-7-12(11)19/h11-12,19H,2-10H2,1H3,(H,16,20). The van der Waals surface area contributed by atoms with Crippen LogP contribution in [-0.4, -0.2) is 33.8 Å². The molecule has 0 saturated heterocycles. The van der Waals surface area contributed by atoms with Gasteiger partial charge in [0.2, 0.25) is 11.8 Å². The van der Waals surface area contributed by atoms with E-state index in [4.69, 9.17) is 4.52 Å². The van der Waals surface area contributed by atoms with Crippen molar-refractivity contribution >= 4 is 5.91 Å². The molecule has 1 aromatic heterocycles. The zero-order valence-corrected chi connectivity index (χ0v) is 12.7. The first-order chi connectivity index (χ1) is 10.2. The van der Waals surface area contributed by atoms with Gasteiger partial charge in [-0.1, -0.05) is 24.9 Å². The maximum atomic E-state index is 11.8. The van der Waals surface area contributed by atoms with Crippen molar-refractivity contribution in [3.8, 4) is 0 Å². The van der Waals surface area contributed by atoms with Gasteiger partial charge in [-0.15, -0.1) is 0 Å². The monoisotopic (exact) mass is 295 g/mol. The van der Waals surface area contributed by atoms with Crippen molar-refractivity contribution < 1.29 is 14.4 Å². The Morgan fingerprint density at radius 2 is 2.19 bits per heavy atom. The molecule has 2 N–H and O–H groups in total. The van der Waals surface area contributed by atoms with Gasteiger partial charge < -0.3 is 14.9 Å². The Morgan fingerprint density at radius 1 is 1.38 bits per heavy atom. The maximum absolute atomic E-state index is 11.8. The summed E-state index contributed by atoms with van der Waals surface area (Å²) in [5, 5.41) is 16.6. The summed E-state index contributed by atoms with van der Waals surface area (Å²) in [4.78, 5) is 16.1. The molecule has 0 aromatic carbocycles. The Kier molecular flexibility index (Phi) is 6.17. The van der Waals surface area contributed by atoms with Gasteiger partial charge in [0, 0.05) is 31.7 Å². The smallest absolute Gasteiger partial charge is 0.227 e. The molecule has 6 nitrogen and oxygen atoms in total. The average Bonchev–Trinajstić information content (AvgIpc) is 2.92. The Hall–Kier alpha value is -1.43. The summed E-state index contributed by atoms with van der Waals surface area (Å²) in [6.45, 7) is 2.62. The number of hydrogen-bond acceptors (Lipinski definition) is 5. The van der Waals surface area contributed by atoms with Gasteiger partial charge in [0.25, 0.3) is 0 Å². The predicted octanol–water partition coefficient (Wildman–Crippen LogP) is 1.62. The Labute approximate surface area is 125 Å². The van der Waals surface area contributed by atoms with Gasteiger partial charge in [0.05, 0.1) is 6.10 Å². The zero-order valence-electron chi connectivity index (χ0n) is 12.7. The van der Waals surface area contributed by atoms with Crippen LogP contribution < -0.4 is 5.32 Å². The highest BCUT2D eigenvalue weighted by molar-refractivity contribution is 5.76. The SMILES string of the molecule is CCCc1noc(CCC(=O)NCC2CCCCC2O)n1. The van der Waals surface area contributed by atoms with Gasteiger partial charge in [0.1, 0.15) is 0 Å². The van der Waals surface area contributed by atoms with E-state index in [9.17, 15) is 9.90 Å². The molecule has 1 aliphatic rings. The number of nitrogens with zero attached hydrogens (tertiary/aromatic N) is 2. The summed E-state index contributed by atoms with van der Waals surface area (Å²) >= 11 is 0. The fourth-order valence-corrected chi connectivity index (χ4v) is 2.70. The third-order valence-corrected chi connectivity index (χ3v) is 3.98. The van der Waals surface area contributed by atoms with Gasteiger partial charge in [-0.25, -0.2) is 0 Å². The molecule has 2 rings (SSSR count). The van der Waals surface area contributed by atoms with E-state index < -0.39 is 0 Å². The largest absolute Gasteiger partial charge is 0.393 e. The second kappa shape index (κ2) is 8.12. The molecule has 1 heterocycles. The van der Waals surface area contributed by atoms with Crippen molar-refractivity contribution in [1.82, 2.24) is 15.5 Å². The number of carbonyl (C=O) groups excluding carboxylic acids is 1. The van der Waals surface area contributed by atoms with Gasteiger partial charge in [-0.05, 0) is 19.3 Å². The van der Waals surface area contributed by atoms with Crippen molar-refractivity contribution in [2.24, 2.45) is 5.92 Å². The number of hydrogen-bond donors (Lipinski definition) is 2. The first-order valence-electron chi connectivity index (χ1n) is 7.95. The molecule has 1 aliphatic carbocycles. The van der Waals surface area contributed by atoms with Gasteiger partial charge in [-0.2, -0.15) is 4.98 Å². The third kappa shape index (κ3) is 5.12. The van der Waals surface area contributed by atoms with E-state index in [1.807, 2.05) is 0 Å². The van der Waals surface area contributed by atoms with Crippen LogP contribution >= 0.6 is 0 Å². The molecule has 1 saturated carbocycles. The van der Waals surface area contributed by atoms with Crippen LogP contribution in [0, 0.1) is 5.92 Å². The topological polar surface area (TPSA) is 88.2 Å². The summed E-state index contributed by atoms with van der Waals surface area (Å²) in [5.41, 5.74) is 0. The zero-order chi connectivity index (χ0) is 15.1. The molecule has 118 valence electrons. The first-order valence-corrected chi connectivity index (χ1v) is 7.95. The van der Waals surface area contributed by atoms with Crippen LogP contribution in [0.4, 0.5) is 0 Å². The van der Waals surface area contributed by atoms with Crippen molar-refractivity contribution in [1.29, 1.82) is 0 Å². The van der Waals surface area contributed by atoms with Crippen LogP contribution in [0.25, 0.3) is 0 Å². The summed E-state index contributed by atoms with van der Waals surface area (Å²) in [6, 6.07) is 0. The van der Waals surface area contributed by atoms with E-state index in [0.717, 1.165) is 38.5 Å². The minimum Gasteiger partial charge on any atom is -0.393 e. The summed E-state index contributed by atoms with van der Waals surface area (Å²) in [6.07, 6.45) is 6.38. The molecule has 1 aromatic rings. The van der Waals surface area contributed by atoms with E-state index in [1.165, 1.54) is 0 Å². The number of aliphatic hydroxyl groups excluding tert-OH is 1. The Bertz CT molecular complexity index is 447. The molecule has 0 bridgehead atoms. The summed E-state index contributed by atoms with van der Waals surface area (Å²) in [7, 11) is 0. The molecule has 0 radical (unpaired) electrons. The van der Waals surface area contributed by atoms with Crippen LogP contribution in [0.2, 0.25) is 0 Å². The number of amides is 1. The normalized spacial score (nSPS) is 22.2. The quantitative estimate of drug-likeness (QED) is 0.798. The van der Waals surface area contributed by atoms with Crippen LogP contribution in [0.1, 0.15) is 57.2 Å². The summed E-state index contributed by atoms with van der Waals surface area (Å²) in [5.74, 6) is 1.40. The highest BCUT2D eigenvalue weighted by Gasteiger charge is 2.23. The van der Waals surface area contributed by atoms with Crippen LogP contribution in [0.5, 0.6) is 0 Å². The average molecular weight is 295 g/mol. The highest BCUT2D eigenvalue weighted by atomic mass is 16.5. The van der Waals surface area contributed by atoms with Crippen molar-refractivity contribution in [2.75, 3.05) is 6.54 Å². The lowest BCUT2D eigenvalue weighted by atomic mass is 9.86. The van der Waals surface area contributed by atoms with Gasteiger partial charge in [-0.3, -0.25) is 4.79 Å². The van der Waals surface area contributed by atoms with Gasteiger partial charge in [0.15, 0.2) is 5.82 Å². The summed E-state index contributed by atoms with van der Waals surface area (Å²) < 4.78 is 5.10. The molecule has 1 amide bonds. The van der Waals surface area contributed by atoms with Crippen molar-refractivity contribution in [3.05, 3.63) is 11.7 Å². The fraction of sp³-hybridized carbons (Fsp3) is 0.800. The lowest BCUT2D eigenvalue weighted by Crippen LogP contribution is -2.36. The minimum absolute atomic E-state index is 0.0250. The van der Waals surface area contributed by atoms with Crippen LogP contribution in [0.3, 0.4) is 0 Å². The van der Waals surface area contributed by atoms with Crippen LogP contribution in [-0.2, 0) is 17.6 Å². The number of nitrogens with one attached hydrogen (secondary N) is 1. The lowest BCUT2D eigenvalue weighted by molar-refractivity contribution is -0.121. The number of aromatic nitrogens is 2. The number of aryl methyl sites for hydroxylation is 2. The lowest BCUT2D eigenvalue weighted by Gasteiger charge is -2.27. The molecular weight excluding hydrogens is 270 g/mol. The second-order valence-electron chi connectivity index (χ2n) is 5.77. The molecule has 2 atom stereocenters. The maximum Gasteiger partial charge on any atom is 0.227 e. The number of aliphatic hydroxyl groups is 1. The number of rotatable bonds is 7. The van der Waals surface area contributed by atoms with E-state index >= 15 is 0 Å². The van der Waals surface area contributed by atoms with Crippen LogP contribution in [0.15, 0.2) is 4.52 Å². The molecular formula is C15H25N3O3. The Morgan fingerprint density at radius 3 is 2.95 bits per heavy atom. The Balaban J connectivity index is 1.66. The predicted molar refractivity (Wildman–Crippen MR) is 77.6 cm³/mol. The molecule has 0 aliphatic heterocycles. The molecule has 0 spiro atoms. The fourth-order valence-electron chi connectivity index (χ4n) is 2.70. The molecule has 21 heavy (non-hydrogen) atoms. The van der Waals surface area contributed by atoms with E-state index in [0.29, 0.717) is 31.1 Å². The van der Waals surface area contributed by atoms with Gasteiger partial charge >= 0.3 is 0 Å². The molecule has 6 heteroatoms. The minimum atomic E-state index is -0.272. The van der Waals surface area contributed by atoms with E-state index in [2.05, 4.69) is 22.4 Å². The highest BCUT2D eigenvalue weighted by Crippen LogP contribution is 2.23. The van der Waals surface area contributed by atoms with Crippen molar-refractivity contribution in [3.63, 3.8) is 0 Å². The first kappa shape index (κ1) is 15.9. The third-order valence-electron chi connectivity index (χ3n) is 3.98. The van der Waals surface area contributed by atoms with E-state index in [-0.39, 0.29) is 17.9 Å².